The lowest BCUT2D eigenvalue weighted by molar-refractivity contribution is -0.120. The van der Waals surface area contributed by atoms with Crippen molar-refractivity contribution < 1.29 is 13.2 Å². The Bertz CT molecular complexity index is 533. The van der Waals surface area contributed by atoms with Crippen LogP contribution in [0.1, 0.15) is 12.2 Å². The van der Waals surface area contributed by atoms with Crippen molar-refractivity contribution in [1.29, 1.82) is 0 Å². The number of rotatable bonds is 8. The second-order valence-electron chi connectivity index (χ2n) is 4.34. The van der Waals surface area contributed by atoms with Gasteiger partial charge in [-0.05, 0) is 14.0 Å². The molecule has 0 aliphatic rings. The second kappa shape index (κ2) is 7.36. The minimum atomic E-state index is -3.66. The van der Waals surface area contributed by atoms with Crippen LogP contribution < -0.4 is 15.4 Å². The van der Waals surface area contributed by atoms with Gasteiger partial charge in [0.05, 0.1) is 0 Å². The monoisotopic (exact) mass is 303 g/mol. The number of hydrogen-bond donors (Lipinski definition) is 3. The van der Waals surface area contributed by atoms with Crippen LogP contribution in [0.2, 0.25) is 0 Å². The van der Waals surface area contributed by atoms with Crippen molar-refractivity contribution in [2.75, 3.05) is 26.7 Å². The van der Waals surface area contributed by atoms with Crippen molar-refractivity contribution in [2.45, 2.75) is 18.4 Å². The SMILES string of the molecule is CNCCNC(=O)CCNS(=O)(=O)c1cn(C)c(C)n1. The Balaban J connectivity index is 2.42. The maximum atomic E-state index is 11.9. The largest absolute Gasteiger partial charge is 0.355 e. The summed E-state index contributed by atoms with van der Waals surface area (Å²) in [4.78, 5) is 15.3. The van der Waals surface area contributed by atoms with Crippen LogP contribution >= 0.6 is 0 Å². The average molecular weight is 303 g/mol. The lowest BCUT2D eigenvalue weighted by Gasteiger charge is -2.05. The smallest absolute Gasteiger partial charge is 0.259 e. The predicted molar refractivity (Wildman–Crippen MR) is 74.7 cm³/mol. The number of nitrogens with one attached hydrogen (secondary N) is 3. The van der Waals surface area contributed by atoms with Crippen LogP contribution in [0, 0.1) is 6.92 Å². The number of carbonyl (C=O) groups excluding carboxylic acids is 1. The summed E-state index contributed by atoms with van der Waals surface area (Å²) in [5.41, 5.74) is 0. The van der Waals surface area contributed by atoms with Gasteiger partial charge in [0.2, 0.25) is 5.91 Å². The number of amides is 1. The molecule has 0 saturated heterocycles. The Hall–Kier alpha value is -1.45. The van der Waals surface area contributed by atoms with Crippen LogP contribution in [0.15, 0.2) is 11.2 Å². The third-order valence-corrected chi connectivity index (χ3v) is 4.03. The molecule has 0 aliphatic carbocycles. The standard InChI is InChI=1S/C11H21N5O3S/c1-9-15-11(8-16(9)3)20(18,19)14-5-4-10(17)13-7-6-12-2/h8,12,14H,4-7H2,1-3H3,(H,13,17). The van der Waals surface area contributed by atoms with Gasteiger partial charge in [0.25, 0.3) is 10.0 Å². The fourth-order valence-corrected chi connectivity index (χ4v) is 2.51. The van der Waals surface area contributed by atoms with Crippen molar-refractivity contribution in [3.05, 3.63) is 12.0 Å². The van der Waals surface area contributed by atoms with Crippen LogP contribution in [0.4, 0.5) is 0 Å². The minimum Gasteiger partial charge on any atom is -0.355 e. The Morgan fingerprint density at radius 3 is 2.60 bits per heavy atom. The molecule has 0 spiro atoms. The molecule has 0 unspecified atom stereocenters. The molecule has 0 radical (unpaired) electrons. The first kappa shape index (κ1) is 16.6. The number of aromatic nitrogens is 2. The Morgan fingerprint density at radius 2 is 2.05 bits per heavy atom. The van der Waals surface area contributed by atoms with Crippen molar-refractivity contribution in [1.82, 2.24) is 24.9 Å². The highest BCUT2D eigenvalue weighted by atomic mass is 32.2. The van der Waals surface area contributed by atoms with Gasteiger partial charge in [-0.1, -0.05) is 0 Å². The van der Waals surface area contributed by atoms with Crippen LogP contribution in [0.25, 0.3) is 0 Å². The van der Waals surface area contributed by atoms with Gasteiger partial charge in [0, 0.05) is 39.3 Å². The molecular weight excluding hydrogens is 282 g/mol. The van der Waals surface area contributed by atoms with Gasteiger partial charge in [-0.3, -0.25) is 4.79 Å². The molecule has 0 atom stereocenters. The normalized spacial score (nSPS) is 11.6. The van der Waals surface area contributed by atoms with Crippen molar-refractivity contribution in [2.24, 2.45) is 7.05 Å². The zero-order chi connectivity index (χ0) is 15.2. The number of carbonyl (C=O) groups is 1. The van der Waals surface area contributed by atoms with E-state index in [1.165, 1.54) is 6.20 Å². The van der Waals surface area contributed by atoms with Crippen LogP contribution in [-0.2, 0) is 21.9 Å². The molecule has 1 aromatic rings. The zero-order valence-corrected chi connectivity index (χ0v) is 12.7. The van der Waals surface area contributed by atoms with E-state index in [-0.39, 0.29) is 23.9 Å². The zero-order valence-electron chi connectivity index (χ0n) is 11.9. The van der Waals surface area contributed by atoms with Gasteiger partial charge in [-0.15, -0.1) is 0 Å². The van der Waals surface area contributed by atoms with E-state index >= 15 is 0 Å². The lowest BCUT2D eigenvalue weighted by atomic mass is 10.4. The van der Waals surface area contributed by atoms with Gasteiger partial charge in [-0.2, -0.15) is 0 Å². The summed E-state index contributed by atoms with van der Waals surface area (Å²) < 4.78 is 27.8. The van der Waals surface area contributed by atoms with E-state index < -0.39 is 10.0 Å². The Kier molecular flexibility index (Phi) is 6.11. The van der Waals surface area contributed by atoms with Crippen LogP contribution in [0.3, 0.4) is 0 Å². The number of aryl methyl sites for hydroxylation is 2. The van der Waals surface area contributed by atoms with Crippen molar-refractivity contribution in [3.63, 3.8) is 0 Å². The molecule has 8 nitrogen and oxygen atoms in total. The van der Waals surface area contributed by atoms with Gasteiger partial charge < -0.3 is 15.2 Å². The van der Waals surface area contributed by atoms with E-state index in [2.05, 4.69) is 20.3 Å². The maximum absolute atomic E-state index is 11.9. The summed E-state index contributed by atoms with van der Waals surface area (Å²) in [6, 6.07) is 0. The topological polar surface area (TPSA) is 105 Å². The quantitative estimate of drug-likeness (QED) is 0.520. The summed E-state index contributed by atoms with van der Waals surface area (Å²) in [6.45, 7) is 2.95. The molecule has 0 fully saturated rings. The first-order valence-corrected chi connectivity index (χ1v) is 7.76. The molecule has 0 aromatic carbocycles. The molecule has 1 heterocycles. The summed E-state index contributed by atoms with van der Waals surface area (Å²) >= 11 is 0. The maximum Gasteiger partial charge on any atom is 0.259 e. The van der Waals surface area contributed by atoms with E-state index in [9.17, 15) is 13.2 Å². The number of imidazole rings is 1. The first-order valence-electron chi connectivity index (χ1n) is 6.27. The summed E-state index contributed by atoms with van der Waals surface area (Å²) in [6.07, 6.45) is 1.53. The highest BCUT2D eigenvalue weighted by Gasteiger charge is 2.18. The molecule has 20 heavy (non-hydrogen) atoms. The third-order valence-electron chi connectivity index (χ3n) is 2.70. The van der Waals surface area contributed by atoms with E-state index in [4.69, 9.17) is 0 Å². The number of hydrogen-bond acceptors (Lipinski definition) is 5. The van der Waals surface area contributed by atoms with Gasteiger partial charge in [-0.25, -0.2) is 18.1 Å². The third kappa shape index (κ3) is 4.91. The van der Waals surface area contributed by atoms with E-state index in [1.807, 2.05) is 0 Å². The van der Waals surface area contributed by atoms with Gasteiger partial charge >= 0.3 is 0 Å². The lowest BCUT2D eigenvalue weighted by Crippen LogP contribution is -2.33. The van der Waals surface area contributed by atoms with Crippen LogP contribution in [-0.4, -0.2) is 50.6 Å². The number of likely N-dealkylation sites (N-methyl/N-ethyl adjacent to an activating group) is 1. The summed E-state index contributed by atoms with van der Waals surface area (Å²) in [5, 5.41) is 5.53. The summed E-state index contributed by atoms with van der Waals surface area (Å²) in [7, 11) is -0.151. The van der Waals surface area contributed by atoms with E-state index in [0.29, 0.717) is 18.9 Å². The molecule has 0 bridgehead atoms. The van der Waals surface area contributed by atoms with E-state index in [0.717, 1.165) is 0 Å². The van der Waals surface area contributed by atoms with Crippen molar-refractivity contribution >= 4 is 15.9 Å². The summed E-state index contributed by atoms with van der Waals surface area (Å²) in [5.74, 6) is 0.412. The second-order valence-corrected chi connectivity index (χ2v) is 6.05. The van der Waals surface area contributed by atoms with Crippen molar-refractivity contribution in [3.8, 4) is 0 Å². The Morgan fingerprint density at radius 1 is 1.35 bits per heavy atom. The fraction of sp³-hybridized carbons (Fsp3) is 0.636. The van der Waals surface area contributed by atoms with Gasteiger partial charge in [0.15, 0.2) is 5.03 Å². The molecule has 1 aromatic heterocycles. The molecule has 3 N–H and O–H groups in total. The molecule has 9 heteroatoms. The first-order chi connectivity index (χ1) is 9.36. The predicted octanol–water partition coefficient (Wildman–Crippen LogP) is -1.27. The molecular formula is C11H21N5O3S. The fourth-order valence-electron chi connectivity index (χ4n) is 1.44. The van der Waals surface area contributed by atoms with E-state index in [1.54, 1.807) is 25.6 Å². The molecule has 1 rings (SSSR count). The number of nitrogens with zero attached hydrogens (tertiary/aromatic N) is 2. The minimum absolute atomic E-state index is 0.0342. The highest BCUT2D eigenvalue weighted by molar-refractivity contribution is 7.89. The molecule has 1 amide bonds. The molecule has 114 valence electrons. The highest BCUT2D eigenvalue weighted by Crippen LogP contribution is 2.07. The number of sulfonamides is 1. The Labute approximate surface area is 119 Å². The molecule has 0 saturated carbocycles. The molecule has 0 aliphatic heterocycles. The van der Waals surface area contributed by atoms with Gasteiger partial charge in [0.1, 0.15) is 5.82 Å². The average Bonchev–Trinajstić information content (AvgIpc) is 2.70. The van der Waals surface area contributed by atoms with Crippen LogP contribution in [0.5, 0.6) is 0 Å².